The summed E-state index contributed by atoms with van der Waals surface area (Å²) in [4.78, 5) is 39.7. The van der Waals surface area contributed by atoms with Crippen molar-refractivity contribution >= 4 is 17.8 Å². The number of carboxylic acid groups (broad SMARTS) is 1. The van der Waals surface area contributed by atoms with E-state index in [1.807, 2.05) is 6.07 Å². The third-order valence-corrected chi connectivity index (χ3v) is 4.38. The fourth-order valence-electron chi connectivity index (χ4n) is 2.66. The van der Waals surface area contributed by atoms with E-state index in [1.54, 1.807) is 31.2 Å². The largest absolute Gasteiger partial charge is 0.481 e. The third kappa shape index (κ3) is 3.88. The molecule has 136 valence electrons. The molecule has 0 fully saturated rings. The zero-order valence-corrected chi connectivity index (χ0v) is 14.7. The Balaban J connectivity index is 2.17. The molecule has 1 aromatic heterocycles. The summed E-state index contributed by atoms with van der Waals surface area (Å²) >= 11 is 0. The molecule has 0 aliphatic heterocycles. The maximum Gasteiger partial charge on any atom is 0.315 e. The Morgan fingerprint density at radius 2 is 1.77 bits per heavy atom. The summed E-state index contributed by atoms with van der Waals surface area (Å²) in [5.74, 6) is -1.80. The highest BCUT2D eigenvalue weighted by molar-refractivity contribution is 5.96. The summed E-state index contributed by atoms with van der Waals surface area (Å²) in [5.41, 5.74) is -0.141. The van der Waals surface area contributed by atoms with Crippen LogP contribution in [-0.2, 0) is 10.2 Å². The van der Waals surface area contributed by atoms with Gasteiger partial charge in [0, 0.05) is 19.8 Å². The minimum atomic E-state index is -1.22. The van der Waals surface area contributed by atoms with Gasteiger partial charge in [-0.3, -0.25) is 19.4 Å². The van der Waals surface area contributed by atoms with E-state index in [9.17, 15) is 19.5 Å². The summed E-state index contributed by atoms with van der Waals surface area (Å²) in [6.07, 6.45) is 1.61. The lowest BCUT2D eigenvalue weighted by Crippen LogP contribution is -2.46. The molecule has 1 atom stereocenters. The Bertz CT molecular complexity index is 790. The van der Waals surface area contributed by atoms with E-state index in [2.05, 4.69) is 15.6 Å². The number of nitrogens with zero attached hydrogens (tertiary/aromatic N) is 1. The molecule has 0 aliphatic carbocycles. The van der Waals surface area contributed by atoms with Gasteiger partial charge in [0.15, 0.2) is 0 Å². The highest BCUT2D eigenvalue weighted by Crippen LogP contribution is 2.28. The predicted molar refractivity (Wildman–Crippen MR) is 96.0 cm³/mol. The number of amides is 2. The second-order valence-electron chi connectivity index (χ2n) is 5.80. The number of carbonyl (C=O) groups is 3. The van der Waals surface area contributed by atoms with Crippen molar-refractivity contribution in [1.82, 2.24) is 15.6 Å². The second kappa shape index (κ2) is 8.24. The Morgan fingerprint density at radius 3 is 2.27 bits per heavy atom. The SMILES string of the molecule is CCC(CNC(=O)c1ccc(C(=O)NC)nc1)(C(=O)O)c1ccccc1. The van der Waals surface area contributed by atoms with E-state index < -0.39 is 17.3 Å². The van der Waals surface area contributed by atoms with Gasteiger partial charge in [-0.2, -0.15) is 0 Å². The molecule has 0 aliphatic rings. The van der Waals surface area contributed by atoms with Gasteiger partial charge in [0.05, 0.1) is 5.56 Å². The van der Waals surface area contributed by atoms with Crippen LogP contribution in [0.4, 0.5) is 0 Å². The van der Waals surface area contributed by atoms with Crippen molar-refractivity contribution in [3.05, 3.63) is 65.5 Å². The molecule has 0 bridgehead atoms. The van der Waals surface area contributed by atoms with Gasteiger partial charge in [0.2, 0.25) is 0 Å². The van der Waals surface area contributed by atoms with Gasteiger partial charge in [-0.05, 0) is 24.1 Å². The van der Waals surface area contributed by atoms with E-state index in [-0.39, 0.29) is 23.7 Å². The zero-order valence-electron chi connectivity index (χ0n) is 14.7. The Hall–Kier alpha value is -3.22. The van der Waals surface area contributed by atoms with Crippen molar-refractivity contribution in [3.8, 4) is 0 Å². The van der Waals surface area contributed by atoms with Crippen LogP contribution < -0.4 is 10.6 Å². The average molecular weight is 355 g/mol. The number of hydrogen-bond acceptors (Lipinski definition) is 4. The van der Waals surface area contributed by atoms with Gasteiger partial charge in [0.1, 0.15) is 11.1 Å². The van der Waals surface area contributed by atoms with Gasteiger partial charge < -0.3 is 15.7 Å². The lowest BCUT2D eigenvalue weighted by Gasteiger charge is -2.29. The van der Waals surface area contributed by atoms with Crippen molar-refractivity contribution in [2.45, 2.75) is 18.8 Å². The Kier molecular flexibility index (Phi) is 6.06. The summed E-state index contributed by atoms with van der Waals surface area (Å²) in [6, 6.07) is 11.7. The quantitative estimate of drug-likeness (QED) is 0.699. The summed E-state index contributed by atoms with van der Waals surface area (Å²) in [5, 5.41) is 14.9. The van der Waals surface area contributed by atoms with Crippen molar-refractivity contribution < 1.29 is 19.5 Å². The molecule has 1 heterocycles. The highest BCUT2D eigenvalue weighted by atomic mass is 16.4. The van der Waals surface area contributed by atoms with E-state index in [4.69, 9.17) is 0 Å². The molecule has 0 spiro atoms. The number of pyridine rings is 1. The van der Waals surface area contributed by atoms with Crippen LogP contribution in [0.25, 0.3) is 0 Å². The third-order valence-electron chi connectivity index (χ3n) is 4.38. The van der Waals surface area contributed by atoms with Gasteiger partial charge in [-0.1, -0.05) is 37.3 Å². The van der Waals surface area contributed by atoms with Crippen molar-refractivity contribution in [2.24, 2.45) is 0 Å². The maximum absolute atomic E-state index is 12.4. The molecule has 2 aromatic rings. The first-order valence-corrected chi connectivity index (χ1v) is 8.20. The van der Waals surface area contributed by atoms with Crippen LogP contribution in [0.2, 0.25) is 0 Å². The number of rotatable bonds is 7. The van der Waals surface area contributed by atoms with Crippen LogP contribution in [0.5, 0.6) is 0 Å². The minimum absolute atomic E-state index is 0.0567. The fraction of sp³-hybridized carbons (Fsp3) is 0.263. The van der Waals surface area contributed by atoms with E-state index in [0.717, 1.165) is 0 Å². The number of nitrogens with one attached hydrogen (secondary N) is 2. The molecule has 7 heteroatoms. The highest BCUT2D eigenvalue weighted by Gasteiger charge is 2.39. The number of hydrogen-bond donors (Lipinski definition) is 3. The van der Waals surface area contributed by atoms with Crippen LogP contribution in [0.1, 0.15) is 39.8 Å². The topological polar surface area (TPSA) is 108 Å². The van der Waals surface area contributed by atoms with E-state index >= 15 is 0 Å². The minimum Gasteiger partial charge on any atom is -0.481 e. The lowest BCUT2D eigenvalue weighted by atomic mass is 9.78. The van der Waals surface area contributed by atoms with Crippen molar-refractivity contribution in [1.29, 1.82) is 0 Å². The molecule has 0 saturated carbocycles. The fourth-order valence-corrected chi connectivity index (χ4v) is 2.66. The van der Waals surface area contributed by atoms with Crippen LogP contribution in [0, 0.1) is 0 Å². The molecule has 1 aromatic carbocycles. The van der Waals surface area contributed by atoms with E-state index in [0.29, 0.717) is 12.0 Å². The van der Waals surface area contributed by atoms with Crippen molar-refractivity contribution in [2.75, 3.05) is 13.6 Å². The molecule has 26 heavy (non-hydrogen) atoms. The molecule has 1 unspecified atom stereocenters. The number of benzene rings is 1. The summed E-state index contributed by atoms with van der Waals surface area (Å²) in [7, 11) is 1.49. The smallest absolute Gasteiger partial charge is 0.315 e. The zero-order chi connectivity index (χ0) is 19.2. The molecule has 0 radical (unpaired) electrons. The monoisotopic (exact) mass is 355 g/mol. The molecule has 3 N–H and O–H groups in total. The van der Waals surface area contributed by atoms with Crippen LogP contribution in [0.15, 0.2) is 48.7 Å². The molecule has 2 rings (SSSR count). The standard InChI is InChI=1S/C19H21N3O4/c1-3-19(18(25)26,14-7-5-4-6-8-14)12-22-16(23)13-9-10-15(21-11-13)17(24)20-2/h4-11H,3,12H2,1-2H3,(H,20,24)(H,22,23)(H,25,26). The molecular weight excluding hydrogens is 334 g/mol. The molecule has 0 saturated heterocycles. The number of carboxylic acids is 1. The molecular formula is C19H21N3O4. The number of aromatic nitrogens is 1. The van der Waals surface area contributed by atoms with E-state index in [1.165, 1.54) is 25.4 Å². The Labute approximate surface area is 151 Å². The van der Waals surface area contributed by atoms with Crippen LogP contribution >= 0.6 is 0 Å². The first kappa shape index (κ1) is 19.1. The first-order chi connectivity index (χ1) is 12.4. The second-order valence-corrected chi connectivity index (χ2v) is 5.80. The predicted octanol–water partition coefficient (Wildman–Crippen LogP) is 1.60. The summed E-state index contributed by atoms with van der Waals surface area (Å²) in [6.45, 7) is 1.71. The van der Waals surface area contributed by atoms with Gasteiger partial charge in [-0.25, -0.2) is 0 Å². The van der Waals surface area contributed by atoms with Gasteiger partial charge in [-0.15, -0.1) is 0 Å². The van der Waals surface area contributed by atoms with Crippen LogP contribution in [0.3, 0.4) is 0 Å². The normalized spacial score (nSPS) is 12.7. The lowest BCUT2D eigenvalue weighted by molar-refractivity contribution is -0.143. The average Bonchev–Trinajstić information content (AvgIpc) is 2.68. The Morgan fingerprint density at radius 1 is 1.08 bits per heavy atom. The number of carbonyl (C=O) groups excluding carboxylic acids is 2. The molecule has 7 nitrogen and oxygen atoms in total. The van der Waals surface area contributed by atoms with Crippen molar-refractivity contribution in [3.63, 3.8) is 0 Å². The molecule has 2 amide bonds. The maximum atomic E-state index is 12.4. The first-order valence-electron chi connectivity index (χ1n) is 8.20. The number of aliphatic carboxylic acids is 1. The van der Waals surface area contributed by atoms with Gasteiger partial charge in [0.25, 0.3) is 11.8 Å². The van der Waals surface area contributed by atoms with Crippen LogP contribution in [-0.4, -0.2) is 41.5 Å². The summed E-state index contributed by atoms with van der Waals surface area (Å²) < 4.78 is 0. The van der Waals surface area contributed by atoms with Gasteiger partial charge >= 0.3 is 5.97 Å².